The summed E-state index contributed by atoms with van der Waals surface area (Å²) >= 11 is 0. The molecule has 0 atom stereocenters. The van der Waals surface area contributed by atoms with E-state index in [-0.39, 0.29) is 25.0 Å². The number of likely N-dealkylation sites (N-methyl/N-ethyl adjacent to an activating group) is 1. The minimum Gasteiger partial charge on any atom is -0.396 e. The number of nitrogens with one attached hydrogen (secondary N) is 1. The summed E-state index contributed by atoms with van der Waals surface area (Å²) in [6.45, 7) is 0.828. The molecule has 0 aromatic heterocycles. The van der Waals surface area contributed by atoms with Crippen molar-refractivity contribution in [3.8, 4) is 0 Å². The van der Waals surface area contributed by atoms with Crippen LogP contribution in [0.15, 0.2) is 30.3 Å². The Hall–Kier alpha value is -1.88. The van der Waals surface area contributed by atoms with Gasteiger partial charge in [0, 0.05) is 25.8 Å². The van der Waals surface area contributed by atoms with Gasteiger partial charge in [-0.1, -0.05) is 18.2 Å². The van der Waals surface area contributed by atoms with Crippen molar-refractivity contribution in [1.82, 2.24) is 10.2 Å². The standard InChI is InChI=1S/C15H22N2O3/c1-17(10-6-3-7-11-18)14(19)12-16-15(20)13-8-4-2-5-9-13/h2,4-5,8-9,18H,3,6-7,10-12H2,1H3,(H,16,20). The second-order valence-electron chi connectivity index (χ2n) is 4.65. The van der Waals surface area contributed by atoms with E-state index in [1.165, 1.54) is 0 Å². The number of aliphatic hydroxyl groups excluding tert-OH is 1. The zero-order valence-corrected chi connectivity index (χ0v) is 11.8. The molecule has 20 heavy (non-hydrogen) atoms. The van der Waals surface area contributed by atoms with E-state index < -0.39 is 0 Å². The average molecular weight is 278 g/mol. The van der Waals surface area contributed by atoms with Gasteiger partial charge in [0.2, 0.25) is 5.91 Å². The zero-order valence-electron chi connectivity index (χ0n) is 11.8. The zero-order chi connectivity index (χ0) is 14.8. The van der Waals surface area contributed by atoms with E-state index in [1.807, 2.05) is 6.07 Å². The van der Waals surface area contributed by atoms with E-state index in [4.69, 9.17) is 5.11 Å². The lowest BCUT2D eigenvalue weighted by molar-refractivity contribution is -0.128. The molecule has 1 aromatic carbocycles. The summed E-state index contributed by atoms with van der Waals surface area (Å²) in [5, 5.41) is 11.3. The Balaban J connectivity index is 2.27. The smallest absolute Gasteiger partial charge is 0.251 e. The molecule has 0 bridgehead atoms. The molecule has 0 radical (unpaired) electrons. The lowest BCUT2D eigenvalue weighted by Crippen LogP contribution is -2.38. The second-order valence-corrected chi connectivity index (χ2v) is 4.65. The monoisotopic (exact) mass is 278 g/mol. The van der Waals surface area contributed by atoms with Crippen LogP contribution in [0.5, 0.6) is 0 Å². The molecular formula is C15H22N2O3. The van der Waals surface area contributed by atoms with Gasteiger partial charge in [-0.05, 0) is 31.4 Å². The molecule has 0 spiro atoms. The quantitative estimate of drug-likeness (QED) is 0.698. The van der Waals surface area contributed by atoms with Crippen LogP contribution >= 0.6 is 0 Å². The van der Waals surface area contributed by atoms with Crippen LogP contribution in [0.1, 0.15) is 29.6 Å². The van der Waals surface area contributed by atoms with Crippen molar-refractivity contribution in [2.24, 2.45) is 0 Å². The second kappa shape index (κ2) is 9.09. The summed E-state index contributed by atoms with van der Waals surface area (Å²) < 4.78 is 0. The highest BCUT2D eigenvalue weighted by atomic mass is 16.3. The average Bonchev–Trinajstić information content (AvgIpc) is 2.49. The molecule has 0 unspecified atom stereocenters. The topological polar surface area (TPSA) is 69.6 Å². The van der Waals surface area contributed by atoms with Gasteiger partial charge in [-0.15, -0.1) is 0 Å². The number of unbranched alkanes of at least 4 members (excludes halogenated alkanes) is 2. The maximum atomic E-state index is 11.8. The van der Waals surface area contributed by atoms with E-state index in [0.717, 1.165) is 19.3 Å². The van der Waals surface area contributed by atoms with E-state index in [1.54, 1.807) is 36.2 Å². The molecule has 0 aliphatic rings. The summed E-state index contributed by atoms with van der Waals surface area (Å²) in [7, 11) is 1.72. The highest BCUT2D eigenvalue weighted by Gasteiger charge is 2.10. The van der Waals surface area contributed by atoms with Gasteiger partial charge < -0.3 is 15.3 Å². The third kappa shape index (κ3) is 5.84. The summed E-state index contributed by atoms with van der Waals surface area (Å²) in [5.41, 5.74) is 0.547. The number of hydrogen-bond acceptors (Lipinski definition) is 3. The Morgan fingerprint density at radius 3 is 2.50 bits per heavy atom. The molecule has 2 N–H and O–H groups in total. The normalized spacial score (nSPS) is 10.1. The molecule has 0 aliphatic carbocycles. The molecule has 0 saturated carbocycles. The van der Waals surface area contributed by atoms with Gasteiger partial charge in [0.1, 0.15) is 0 Å². The molecule has 5 nitrogen and oxygen atoms in total. The number of aliphatic hydroxyl groups is 1. The lowest BCUT2D eigenvalue weighted by Gasteiger charge is -2.17. The molecule has 1 aromatic rings. The fourth-order valence-electron chi connectivity index (χ4n) is 1.74. The number of benzene rings is 1. The number of carbonyl (C=O) groups is 2. The summed E-state index contributed by atoms with van der Waals surface area (Å²) in [6.07, 6.45) is 2.51. The predicted molar refractivity (Wildman–Crippen MR) is 77.3 cm³/mol. The summed E-state index contributed by atoms with van der Waals surface area (Å²) in [6, 6.07) is 8.81. The highest BCUT2D eigenvalue weighted by molar-refractivity contribution is 5.96. The molecule has 1 rings (SSSR count). The number of carbonyl (C=O) groups excluding carboxylic acids is 2. The van der Waals surface area contributed by atoms with Crippen molar-refractivity contribution in [1.29, 1.82) is 0 Å². The van der Waals surface area contributed by atoms with Crippen LogP contribution in [0.4, 0.5) is 0 Å². The fourth-order valence-corrected chi connectivity index (χ4v) is 1.74. The molecule has 5 heteroatoms. The molecule has 0 fully saturated rings. The van der Waals surface area contributed by atoms with Crippen LogP contribution in [0.3, 0.4) is 0 Å². The number of amides is 2. The van der Waals surface area contributed by atoms with Crippen LogP contribution in [-0.2, 0) is 4.79 Å². The van der Waals surface area contributed by atoms with Gasteiger partial charge in [0.25, 0.3) is 5.91 Å². The molecule has 0 saturated heterocycles. The molecular weight excluding hydrogens is 256 g/mol. The number of nitrogens with zero attached hydrogens (tertiary/aromatic N) is 1. The Morgan fingerprint density at radius 1 is 1.15 bits per heavy atom. The number of hydrogen-bond donors (Lipinski definition) is 2. The highest BCUT2D eigenvalue weighted by Crippen LogP contribution is 1.99. The van der Waals surface area contributed by atoms with Gasteiger partial charge in [-0.25, -0.2) is 0 Å². The summed E-state index contributed by atoms with van der Waals surface area (Å²) in [5.74, 6) is -0.356. The molecule has 0 heterocycles. The van der Waals surface area contributed by atoms with Gasteiger partial charge in [-0.3, -0.25) is 9.59 Å². The van der Waals surface area contributed by atoms with Crippen molar-refractivity contribution in [3.63, 3.8) is 0 Å². The molecule has 110 valence electrons. The minimum absolute atomic E-state index is 0.00419. The summed E-state index contributed by atoms with van der Waals surface area (Å²) in [4.78, 5) is 25.2. The van der Waals surface area contributed by atoms with Crippen molar-refractivity contribution < 1.29 is 14.7 Å². The van der Waals surface area contributed by atoms with E-state index >= 15 is 0 Å². The molecule has 0 aliphatic heterocycles. The first-order chi connectivity index (χ1) is 9.65. The van der Waals surface area contributed by atoms with Gasteiger partial charge in [0.05, 0.1) is 6.54 Å². The van der Waals surface area contributed by atoms with Crippen molar-refractivity contribution in [2.45, 2.75) is 19.3 Å². The van der Waals surface area contributed by atoms with Crippen LogP contribution in [-0.4, -0.2) is 48.6 Å². The SMILES string of the molecule is CN(CCCCCO)C(=O)CNC(=O)c1ccccc1. The first kappa shape index (κ1) is 16.2. The van der Waals surface area contributed by atoms with E-state index in [0.29, 0.717) is 12.1 Å². The Labute approximate surface area is 119 Å². The predicted octanol–water partition coefficient (Wildman–Crippen LogP) is 1.04. The third-order valence-electron chi connectivity index (χ3n) is 3.01. The Bertz CT molecular complexity index is 420. The van der Waals surface area contributed by atoms with Crippen LogP contribution < -0.4 is 5.32 Å². The van der Waals surface area contributed by atoms with Crippen molar-refractivity contribution >= 4 is 11.8 Å². The van der Waals surface area contributed by atoms with Crippen molar-refractivity contribution in [2.75, 3.05) is 26.7 Å². The molecule has 2 amide bonds. The van der Waals surface area contributed by atoms with Gasteiger partial charge >= 0.3 is 0 Å². The van der Waals surface area contributed by atoms with Gasteiger partial charge in [-0.2, -0.15) is 0 Å². The lowest BCUT2D eigenvalue weighted by atomic mass is 10.2. The minimum atomic E-state index is -0.243. The Morgan fingerprint density at radius 2 is 1.85 bits per heavy atom. The van der Waals surface area contributed by atoms with Crippen LogP contribution in [0, 0.1) is 0 Å². The largest absolute Gasteiger partial charge is 0.396 e. The number of rotatable bonds is 8. The maximum Gasteiger partial charge on any atom is 0.251 e. The van der Waals surface area contributed by atoms with Crippen LogP contribution in [0.2, 0.25) is 0 Å². The van der Waals surface area contributed by atoms with E-state index in [2.05, 4.69) is 5.32 Å². The maximum absolute atomic E-state index is 11.8. The van der Waals surface area contributed by atoms with Crippen molar-refractivity contribution in [3.05, 3.63) is 35.9 Å². The first-order valence-electron chi connectivity index (χ1n) is 6.83. The van der Waals surface area contributed by atoms with Crippen LogP contribution in [0.25, 0.3) is 0 Å². The Kier molecular flexibility index (Phi) is 7.35. The first-order valence-corrected chi connectivity index (χ1v) is 6.83. The van der Waals surface area contributed by atoms with Gasteiger partial charge in [0.15, 0.2) is 0 Å². The fraction of sp³-hybridized carbons (Fsp3) is 0.467. The third-order valence-corrected chi connectivity index (χ3v) is 3.01. The van der Waals surface area contributed by atoms with E-state index in [9.17, 15) is 9.59 Å².